The van der Waals surface area contributed by atoms with Crippen LogP contribution in [0.4, 0.5) is 17.6 Å². The van der Waals surface area contributed by atoms with Crippen molar-refractivity contribution in [2.24, 2.45) is 0 Å². The highest BCUT2D eigenvalue weighted by Gasteiger charge is 2.37. The SMILES string of the molecule is Nc1nc2c(nc(Nc3ccc4c5c(cccc35)C(=O)c3ccccc3-4)n2[C@H]2C[C@H](O)[C@@H](CO)O2)c(=O)[nH]1. The maximum Gasteiger partial charge on any atom is 0.280 e. The van der Waals surface area contributed by atoms with E-state index in [4.69, 9.17) is 10.5 Å². The van der Waals surface area contributed by atoms with Crippen LogP contribution in [0.3, 0.4) is 0 Å². The number of ether oxygens (including phenoxy) is 1. The lowest BCUT2D eigenvalue weighted by atomic mass is 9.82. The van der Waals surface area contributed by atoms with Crippen LogP contribution >= 0.6 is 0 Å². The zero-order valence-electron chi connectivity index (χ0n) is 19.9. The number of carbonyl (C=O) groups excluding carboxylic acids is 1. The predicted octanol–water partition coefficient (Wildman–Crippen LogP) is 2.45. The van der Waals surface area contributed by atoms with Crippen molar-refractivity contribution in [1.29, 1.82) is 0 Å². The van der Waals surface area contributed by atoms with Gasteiger partial charge in [0.15, 0.2) is 16.9 Å². The summed E-state index contributed by atoms with van der Waals surface area (Å²) in [6.45, 7) is -0.367. The van der Waals surface area contributed by atoms with Crippen LogP contribution in [0.25, 0.3) is 33.1 Å². The number of nitrogens with two attached hydrogens (primary N) is 1. The van der Waals surface area contributed by atoms with Gasteiger partial charge in [-0.3, -0.25) is 19.1 Å². The largest absolute Gasteiger partial charge is 0.394 e. The molecule has 1 saturated heterocycles. The number of aliphatic hydroxyl groups excluding tert-OH is 2. The molecule has 3 atom stereocenters. The van der Waals surface area contributed by atoms with Crippen LogP contribution in [0.5, 0.6) is 0 Å². The van der Waals surface area contributed by atoms with Gasteiger partial charge in [0.2, 0.25) is 11.9 Å². The van der Waals surface area contributed by atoms with Crippen LogP contribution in [0.15, 0.2) is 59.4 Å². The van der Waals surface area contributed by atoms with Crippen LogP contribution in [0.1, 0.15) is 28.6 Å². The Bertz CT molecular complexity index is 1840. The quantitative estimate of drug-likeness (QED) is 0.239. The van der Waals surface area contributed by atoms with Crippen LogP contribution in [0.2, 0.25) is 0 Å². The number of nitrogen functional groups attached to an aromatic ring is 1. The number of fused-ring (bicyclic) bond motifs is 3. The number of nitrogens with zero attached hydrogens (tertiary/aromatic N) is 3. The molecule has 38 heavy (non-hydrogen) atoms. The molecule has 1 aliphatic carbocycles. The Hall–Kier alpha value is -4.58. The zero-order valence-corrected chi connectivity index (χ0v) is 19.9. The van der Waals surface area contributed by atoms with Crippen molar-refractivity contribution in [3.63, 3.8) is 0 Å². The number of aromatic nitrogens is 4. The molecule has 1 fully saturated rings. The fourth-order valence-electron chi connectivity index (χ4n) is 5.51. The Labute approximate surface area is 214 Å². The summed E-state index contributed by atoms with van der Waals surface area (Å²) in [4.78, 5) is 37.2. The first-order chi connectivity index (χ1) is 18.4. The molecule has 0 spiro atoms. The van der Waals surface area contributed by atoms with Crippen molar-refractivity contribution in [3.8, 4) is 11.1 Å². The maximum atomic E-state index is 13.3. The lowest BCUT2D eigenvalue weighted by Crippen LogP contribution is -2.24. The molecule has 5 aromatic rings. The molecule has 0 bridgehead atoms. The number of aromatic amines is 1. The van der Waals surface area contributed by atoms with Gasteiger partial charge >= 0.3 is 0 Å². The van der Waals surface area contributed by atoms with Crippen molar-refractivity contribution in [1.82, 2.24) is 19.5 Å². The summed E-state index contributed by atoms with van der Waals surface area (Å²) in [5, 5.41) is 24.9. The molecule has 3 aromatic carbocycles. The first-order valence-corrected chi connectivity index (χ1v) is 12.1. The summed E-state index contributed by atoms with van der Waals surface area (Å²) >= 11 is 0. The van der Waals surface area contributed by atoms with E-state index in [0.717, 1.165) is 21.9 Å². The average molecular weight is 511 g/mol. The Morgan fingerprint density at radius 3 is 2.61 bits per heavy atom. The van der Waals surface area contributed by atoms with Gasteiger partial charge in [-0.2, -0.15) is 4.98 Å². The highest BCUT2D eigenvalue weighted by atomic mass is 16.5. The second-order valence-corrected chi connectivity index (χ2v) is 9.43. The molecule has 190 valence electrons. The normalized spacial score (nSPS) is 20.3. The number of hydrogen-bond acceptors (Lipinski definition) is 9. The van der Waals surface area contributed by atoms with Gasteiger partial charge < -0.3 is 26.0 Å². The Morgan fingerprint density at radius 2 is 1.82 bits per heavy atom. The molecule has 2 aromatic heterocycles. The van der Waals surface area contributed by atoms with E-state index in [-0.39, 0.29) is 41.9 Å². The molecule has 1 aliphatic heterocycles. The molecule has 7 rings (SSSR count). The molecule has 11 heteroatoms. The number of carbonyl (C=O) groups is 1. The van der Waals surface area contributed by atoms with Gasteiger partial charge in [0.05, 0.1) is 12.7 Å². The maximum absolute atomic E-state index is 13.3. The fraction of sp³-hybridized carbons (Fsp3) is 0.185. The number of ketones is 1. The van der Waals surface area contributed by atoms with Gasteiger partial charge in [-0.15, -0.1) is 0 Å². The minimum atomic E-state index is -0.916. The van der Waals surface area contributed by atoms with E-state index < -0.39 is 24.0 Å². The highest BCUT2D eigenvalue weighted by molar-refractivity contribution is 6.27. The monoisotopic (exact) mass is 510 g/mol. The van der Waals surface area contributed by atoms with Crippen LogP contribution in [-0.4, -0.2) is 54.3 Å². The van der Waals surface area contributed by atoms with Gasteiger partial charge in [0.1, 0.15) is 12.3 Å². The summed E-state index contributed by atoms with van der Waals surface area (Å²) in [5.74, 6) is 0.103. The number of hydrogen-bond donors (Lipinski definition) is 5. The number of imidazole rings is 1. The zero-order chi connectivity index (χ0) is 26.1. The number of H-pyrrole nitrogens is 1. The van der Waals surface area contributed by atoms with E-state index in [0.29, 0.717) is 16.8 Å². The summed E-state index contributed by atoms with van der Waals surface area (Å²) in [6.07, 6.45) is -2.33. The van der Waals surface area contributed by atoms with Crippen molar-refractivity contribution in [2.45, 2.75) is 24.9 Å². The second kappa shape index (κ2) is 8.21. The molecule has 3 heterocycles. The summed E-state index contributed by atoms with van der Waals surface area (Å²) in [7, 11) is 0. The van der Waals surface area contributed by atoms with Crippen molar-refractivity contribution in [3.05, 3.63) is 76.1 Å². The summed E-state index contributed by atoms with van der Waals surface area (Å²) < 4.78 is 7.45. The third kappa shape index (κ3) is 3.19. The summed E-state index contributed by atoms with van der Waals surface area (Å²) in [6, 6.07) is 16.9. The van der Waals surface area contributed by atoms with Gasteiger partial charge in [0, 0.05) is 34.0 Å². The lowest BCUT2D eigenvalue weighted by molar-refractivity contribution is -0.0425. The standard InChI is InChI=1S/C27H22N6O5/c28-26-31-24-22(25(37)32-26)30-27(33(24)20-10-18(35)19(11-34)38-20)29-17-9-8-13-12-4-1-2-5-14(12)23(36)16-7-3-6-15(17)21(13)16/h1-9,18-20,34-35H,10-11H2,(H,29,30)(H3,28,31,32,37)/t18-,19+,20+/m0/s1. The third-order valence-electron chi connectivity index (χ3n) is 7.23. The molecule has 0 amide bonds. The van der Waals surface area contributed by atoms with Crippen molar-refractivity contribution < 1.29 is 19.7 Å². The fourth-order valence-corrected chi connectivity index (χ4v) is 5.51. The molecule has 0 unspecified atom stereocenters. The minimum Gasteiger partial charge on any atom is -0.394 e. The van der Waals surface area contributed by atoms with Crippen molar-refractivity contribution in [2.75, 3.05) is 17.7 Å². The second-order valence-electron chi connectivity index (χ2n) is 9.43. The van der Waals surface area contributed by atoms with Crippen LogP contribution in [0, 0.1) is 0 Å². The van der Waals surface area contributed by atoms with E-state index in [2.05, 4.69) is 20.3 Å². The predicted molar refractivity (Wildman–Crippen MR) is 140 cm³/mol. The molecule has 2 aliphatic rings. The Kier molecular flexibility index (Phi) is 4.89. The first kappa shape index (κ1) is 22.6. The van der Waals surface area contributed by atoms with Crippen LogP contribution in [-0.2, 0) is 4.74 Å². The molecule has 11 nitrogen and oxygen atoms in total. The molecule has 6 N–H and O–H groups in total. The number of nitrogens with one attached hydrogen (secondary N) is 2. The van der Waals surface area contributed by atoms with E-state index in [1.54, 1.807) is 4.57 Å². The van der Waals surface area contributed by atoms with Gasteiger partial charge in [0.25, 0.3) is 5.56 Å². The smallest absolute Gasteiger partial charge is 0.280 e. The lowest BCUT2D eigenvalue weighted by Gasteiger charge is -2.22. The third-order valence-corrected chi connectivity index (χ3v) is 7.23. The highest BCUT2D eigenvalue weighted by Crippen LogP contribution is 2.43. The minimum absolute atomic E-state index is 0.0408. The van der Waals surface area contributed by atoms with E-state index >= 15 is 0 Å². The van der Waals surface area contributed by atoms with Gasteiger partial charge in [-0.25, -0.2) is 4.98 Å². The van der Waals surface area contributed by atoms with E-state index in [1.165, 1.54) is 0 Å². The van der Waals surface area contributed by atoms with Crippen molar-refractivity contribution >= 4 is 45.3 Å². The Balaban J connectivity index is 1.42. The Morgan fingerprint density at radius 1 is 1.03 bits per heavy atom. The number of aliphatic hydroxyl groups is 2. The topological polar surface area (TPSA) is 168 Å². The molecular formula is C27H22N6O5. The number of anilines is 3. The van der Waals surface area contributed by atoms with Crippen LogP contribution < -0.4 is 16.6 Å². The molecular weight excluding hydrogens is 488 g/mol. The summed E-state index contributed by atoms with van der Waals surface area (Å²) in [5.41, 5.74) is 9.25. The van der Waals surface area contributed by atoms with Gasteiger partial charge in [-0.1, -0.05) is 48.5 Å². The first-order valence-electron chi connectivity index (χ1n) is 12.1. The number of rotatable bonds is 4. The molecule has 0 radical (unpaired) electrons. The van der Waals surface area contributed by atoms with Gasteiger partial charge in [-0.05, 0) is 17.2 Å². The van der Waals surface area contributed by atoms with E-state index in [9.17, 15) is 19.8 Å². The number of benzene rings is 3. The van der Waals surface area contributed by atoms with E-state index in [1.807, 2.05) is 54.6 Å². The average Bonchev–Trinajstić information content (AvgIpc) is 3.47. The molecule has 0 saturated carbocycles.